The number of methoxy groups -OCH3 is 1. The van der Waals surface area contributed by atoms with Gasteiger partial charge in [0, 0.05) is 41.6 Å². The summed E-state index contributed by atoms with van der Waals surface area (Å²) < 4.78 is 5.39. The lowest BCUT2D eigenvalue weighted by molar-refractivity contribution is -0.166. The molecule has 1 aliphatic carbocycles. The van der Waals surface area contributed by atoms with Crippen molar-refractivity contribution < 1.29 is 14.6 Å². The van der Waals surface area contributed by atoms with E-state index in [1.54, 1.807) is 0 Å². The minimum Gasteiger partial charge on any atom is -0.468 e. The molecule has 1 saturated carbocycles. The highest BCUT2D eigenvalue weighted by Crippen LogP contribution is 2.55. The molecule has 4 heterocycles. The van der Waals surface area contributed by atoms with Crippen LogP contribution in [0.25, 0.3) is 10.9 Å². The van der Waals surface area contributed by atoms with Crippen molar-refractivity contribution >= 4 is 16.9 Å². The van der Waals surface area contributed by atoms with Crippen LogP contribution in [0.3, 0.4) is 0 Å². The highest BCUT2D eigenvalue weighted by molar-refractivity contribution is 5.91. The number of rotatable bonds is 2. The summed E-state index contributed by atoms with van der Waals surface area (Å²) in [6.45, 7) is 3.82. The number of piperidine rings is 2. The zero-order valence-corrected chi connectivity index (χ0v) is 15.4. The Morgan fingerprint density at radius 1 is 1.42 bits per heavy atom. The van der Waals surface area contributed by atoms with Crippen LogP contribution in [0.15, 0.2) is 24.3 Å². The van der Waals surface area contributed by atoms with Gasteiger partial charge in [-0.1, -0.05) is 18.2 Å². The molecule has 0 spiro atoms. The van der Waals surface area contributed by atoms with Crippen molar-refractivity contribution in [1.82, 2.24) is 9.88 Å². The van der Waals surface area contributed by atoms with E-state index in [4.69, 9.17) is 4.74 Å². The number of aliphatic hydroxyl groups is 1. The molecule has 3 aliphatic heterocycles. The Morgan fingerprint density at radius 2 is 2.23 bits per heavy atom. The Balaban J connectivity index is 1.80. The molecule has 5 nitrogen and oxygen atoms in total. The Bertz CT molecular complexity index is 873. The highest BCUT2D eigenvalue weighted by Gasteiger charge is 2.63. The number of benzene rings is 1. The van der Waals surface area contributed by atoms with Gasteiger partial charge in [-0.05, 0) is 43.7 Å². The van der Waals surface area contributed by atoms with Crippen LogP contribution in [-0.2, 0) is 21.4 Å². The second kappa shape index (κ2) is 5.57. The Morgan fingerprint density at radius 3 is 3.00 bits per heavy atom. The number of hydrogen-bond donors (Lipinski definition) is 2. The molecule has 6 atom stereocenters. The number of aromatic nitrogens is 1. The molecule has 138 valence electrons. The van der Waals surface area contributed by atoms with Gasteiger partial charge in [-0.25, -0.2) is 0 Å². The summed E-state index contributed by atoms with van der Waals surface area (Å²) in [6.07, 6.45) is 2.30. The fourth-order valence-electron chi connectivity index (χ4n) is 6.23. The molecule has 4 aliphatic rings. The normalized spacial score (nSPS) is 36.4. The summed E-state index contributed by atoms with van der Waals surface area (Å²) in [5.41, 5.74) is 2.67. The maximum absolute atomic E-state index is 13.3. The van der Waals surface area contributed by atoms with Crippen molar-refractivity contribution in [3.8, 4) is 0 Å². The average Bonchev–Trinajstić information content (AvgIpc) is 3.00. The molecule has 0 amide bonds. The Kier molecular flexibility index (Phi) is 3.50. The summed E-state index contributed by atoms with van der Waals surface area (Å²) in [7, 11) is 1.49. The smallest absolute Gasteiger partial charge is 0.319 e. The zero-order valence-electron chi connectivity index (χ0n) is 15.4. The maximum atomic E-state index is 13.3. The number of fused-ring (bicyclic) bond motifs is 4. The van der Waals surface area contributed by atoms with E-state index in [-0.39, 0.29) is 17.9 Å². The van der Waals surface area contributed by atoms with Crippen LogP contribution in [-0.4, -0.2) is 53.3 Å². The van der Waals surface area contributed by atoms with Crippen LogP contribution in [0.4, 0.5) is 0 Å². The second-order valence-electron chi connectivity index (χ2n) is 8.39. The Labute approximate surface area is 153 Å². The molecule has 6 rings (SSSR count). The van der Waals surface area contributed by atoms with Gasteiger partial charge in [0.2, 0.25) is 0 Å². The van der Waals surface area contributed by atoms with E-state index in [0.29, 0.717) is 5.92 Å². The summed E-state index contributed by atoms with van der Waals surface area (Å²) in [5, 5.41) is 11.7. The first-order chi connectivity index (χ1) is 12.6. The number of nitrogens with zero attached hydrogens (tertiary/aromatic N) is 1. The molecular weight excluding hydrogens is 328 g/mol. The zero-order chi connectivity index (χ0) is 18.1. The first kappa shape index (κ1) is 16.3. The van der Waals surface area contributed by atoms with Crippen molar-refractivity contribution in [2.75, 3.05) is 20.2 Å². The predicted molar refractivity (Wildman–Crippen MR) is 99.0 cm³/mol. The van der Waals surface area contributed by atoms with Gasteiger partial charge >= 0.3 is 5.97 Å². The number of aromatic amines is 1. The third-order valence-electron chi connectivity index (χ3n) is 7.09. The van der Waals surface area contributed by atoms with Crippen molar-refractivity contribution in [3.05, 3.63) is 35.5 Å². The fourth-order valence-corrected chi connectivity index (χ4v) is 6.23. The summed E-state index contributed by atoms with van der Waals surface area (Å²) >= 11 is 0. The molecule has 2 aromatic rings. The first-order valence-electron chi connectivity index (χ1n) is 9.67. The van der Waals surface area contributed by atoms with Gasteiger partial charge in [0.1, 0.15) is 5.41 Å². The number of hydrogen-bond acceptors (Lipinski definition) is 4. The molecule has 2 saturated heterocycles. The second-order valence-corrected chi connectivity index (χ2v) is 8.39. The molecule has 2 N–H and O–H groups in total. The largest absolute Gasteiger partial charge is 0.468 e. The quantitative estimate of drug-likeness (QED) is 0.812. The topological polar surface area (TPSA) is 65.6 Å². The van der Waals surface area contributed by atoms with Gasteiger partial charge in [-0.3, -0.25) is 9.69 Å². The third-order valence-corrected chi connectivity index (χ3v) is 7.09. The van der Waals surface area contributed by atoms with Crippen LogP contribution >= 0.6 is 0 Å². The average molecular weight is 354 g/mol. The van der Waals surface area contributed by atoms with Gasteiger partial charge in [0.25, 0.3) is 0 Å². The van der Waals surface area contributed by atoms with Crippen molar-refractivity contribution in [1.29, 1.82) is 0 Å². The lowest BCUT2D eigenvalue weighted by Gasteiger charge is -2.58. The molecule has 4 bridgehead atoms. The molecular formula is C21H26N2O3. The molecule has 1 aromatic heterocycles. The highest BCUT2D eigenvalue weighted by atomic mass is 16.5. The number of para-hydroxylation sites is 1. The van der Waals surface area contributed by atoms with Crippen LogP contribution < -0.4 is 0 Å². The summed E-state index contributed by atoms with van der Waals surface area (Å²) in [4.78, 5) is 19.4. The number of esters is 1. The number of nitrogens with one attached hydrogen (secondary N) is 1. The summed E-state index contributed by atoms with van der Waals surface area (Å²) in [5.74, 6) is 0.354. The van der Waals surface area contributed by atoms with E-state index in [1.807, 2.05) is 13.0 Å². The lowest BCUT2D eigenvalue weighted by Crippen LogP contribution is -2.68. The summed E-state index contributed by atoms with van der Waals surface area (Å²) in [6, 6.07) is 8.31. The minimum atomic E-state index is -0.706. The van der Waals surface area contributed by atoms with Gasteiger partial charge in [0.05, 0.1) is 13.2 Å². The predicted octanol–water partition coefficient (Wildman–Crippen LogP) is 2.23. The van der Waals surface area contributed by atoms with Crippen LogP contribution in [0.5, 0.6) is 0 Å². The van der Waals surface area contributed by atoms with E-state index < -0.39 is 11.5 Å². The lowest BCUT2D eigenvalue weighted by atomic mass is 9.56. The number of ether oxygens (including phenoxy) is 1. The van der Waals surface area contributed by atoms with E-state index >= 15 is 0 Å². The molecule has 26 heavy (non-hydrogen) atoms. The van der Waals surface area contributed by atoms with Gasteiger partial charge in [-0.15, -0.1) is 0 Å². The van der Waals surface area contributed by atoms with Crippen molar-refractivity contribution in [3.63, 3.8) is 0 Å². The SMILES string of the molecule is COC(=O)[C@@]12C[C@@H]3C[C@H]([C@H](C)O)C1N(CCc1c2[nH]c2ccccc12)C3. The van der Waals surface area contributed by atoms with Gasteiger partial charge in [0.15, 0.2) is 0 Å². The van der Waals surface area contributed by atoms with E-state index in [2.05, 4.69) is 28.1 Å². The standard InChI is InChI=1S/C21H26N2O3/c1-12(24)16-9-13-10-21(20(25)26-2)18-15(7-8-23(11-13)19(16)21)14-5-3-4-6-17(14)22-18/h3-6,12-13,16,19,22,24H,7-11H2,1-2H3/t12-,13-,16+,19?,21+/m0/s1. The minimum absolute atomic E-state index is 0.00531. The monoisotopic (exact) mass is 354 g/mol. The van der Waals surface area contributed by atoms with Crippen molar-refractivity contribution in [2.45, 2.75) is 43.7 Å². The van der Waals surface area contributed by atoms with Crippen LogP contribution in [0.2, 0.25) is 0 Å². The molecule has 3 fully saturated rings. The molecule has 1 aromatic carbocycles. The molecule has 5 heteroatoms. The number of carbonyl (C=O) groups is 1. The van der Waals surface area contributed by atoms with Crippen molar-refractivity contribution in [2.24, 2.45) is 11.8 Å². The number of aliphatic hydroxyl groups excluding tert-OH is 1. The van der Waals surface area contributed by atoms with Gasteiger partial charge < -0.3 is 14.8 Å². The van der Waals surface area contributed by atoms with Crippen LogP contribution in [0, 0.1) is 11.8 Å². The number of carbonyl (C=O) groups excluding carboxylic acids is 1. The van der Waals surface area contributed by atoms with E-state index in [1.165, 1.54) is 18.1 Å². The molecule has 0 radical (unpaired) electrons. The van der Waals surface area contributed by atoms with Crippen LogP contribution in [0.1, 0.15) is 31.0 Å². The first-order valence-corrected chi connectivity index (χ1v) is 9.67. The fraction of sp³-hybridized carbons (Fsp3) is 0.571. The van der Waals surface area contributed by atoms with Gasteiger partial charge in [-0.2, -0.15) is 0 Å². The Hall–Kier alpha value is -1.85. The van der Waals surface area contributed by atoms with E-state index in [9.17, 15) is 9.90 Å². The third kappa shape index (κ3) is 1.96. The van der Waals surface area contributed by atoms with E-state index in [0.717, 1.165) is 43.6 Å². The number of H-pyrrole nitrogens is 1. The molecule has 2 unspecified atom stereocenters. The maximum Gasteiger partial charge on any atom is 0.319 e.